The summed E-state index contributed by atoms with van der Waals surface area (Å²) in [6.07, 6.45) is 2.71. The van der Waals surface area contributed by atoms with Gasteiger partial charge < -0.3 is 15.4 Å². The van der Waals surface area contributed by atoms with Gasteiger partial charge in [0.25, 0.3) is 5.91 Å². The standard InChI is InChI=1S/C14H18F2N2O2/c15-14(16)20-12-6-2-1-5-11(12)13(19)18-10-4-3-8-17-9-7-10/h1-2,5-6,10,14,17H,3-4,7-9H2,(H,18,19). The van der Waals surface area contributed by atoms with Crippen LogP contribution in [0.3, 0.4) is 0 Å². The predicted molar refractivity (Wildman–Crippen MR) is 71.0 cm³/mol. The predicted octanol–water partition coefficient (Wildman–Crippen LogP) is 2.16. The van der Waals surface area contributed by atoms with Crippen LogP contribution in [0, 0.1) is 0 Å². The molecule has 0 spiro atoms. The van der Waals surface area contributed by atoms with Crippen LogP contribution in [0.2, 0.25) is 0 Å². The molecule has 1 saturated heterocycles. The molecule has 0 aromatic heterocycles. The third-order valence-corrected chi connectivity index (χ3v) is 3.26. The number of alkyl halides is 2. The van der Waals surface area contributed by atoms with Crippen molar-refractivity contribution in [2.45, 2.75) is 31.9 Å². The summed E-state index contributed by atoms with van der Waals surface area (Å²) in [5, 5.41) is 6.14. The van der Waals surface area contributed by atoms with Gasteiger partial charge in [0.2, 0.25) is 0 Å². The molecule has 2 N–H and O–H groups in total. The number of carbonyl (C=O) groups is 1. The Morgan fingerprint density at radius 3 is 2.90 bits per heavy atom. The normalized spacial score (nSPS) is 19.4. The second-order valence-corrected chi connectivity index (χ2v) is 4.73. The molecule has 0 bridgehead atoms. The van der Waals surface area contributed by atoms with Crippen LogP contribution >= 0.6 is 0 Å². The van der Waals surface area contributed by atoms with Gasteiger partial charge in [-0.3, -0.25) is 4.79 Å². The molecule has 4 nitrogen and oxygen atoms in total. The molecule has 20 heavy (non-hydrogen) atoms. The second kappa shape index (κ2) is 7.19. The number of para-hydroxylation sites is 1. The highest BCUT2D eigenvalue weighted by Gasteiger charge is 2.19. The highest BCUT2D eigenvalue weighted by molar-refractivity contribution is 5.97. The molecular formula is C14H18F2N2O2. The van der Waals surface area contributed by atoms with Crippen LogP contribution in [0.25, 0.3) is 0 Å². The molecule has 1 aromatic rings. The Hall–Kier alpha value is -1.69. The van der Waals surface area contributed by atoms with Crippen molar-refractivity contribution < 1.29 is 18.3 Å². The molecule has 1 aromatic carbocycles. The Balaban J connectivity index is 2.04. The van der Waals surface area contributed by atoms with Crippen LogP contribution in [-0.2, 0) is 0 Å². The zero-order chi connectivity index (χ0) is 14.4. The lowest BCUT2D eigenvalue weighted by Gasteiger charge is -2.17. The van der Waals surface area contributed by atoms with Gasteiger partial charge in [-0.25, -0.2) is 0 Å². The Labute approximate surface area is 116 Å². The quantitative estimate of drug-likeness (QED) is 0.891. The fourth-order valence-corrected chi connectivity index (χ4v) is 2.28. The van der Waals surface area contributed by atoms with Crippen molar-refractivity contribution in [1.82, 2.24) is 10.6 Å². The van der Waals surface area contributed by atoms with E-state index in [9.17, 15) is 13.6 Å². The fraction of sp³-hybridized carbons (Fsp3) is 0.500. The Bertz CT molecular complexity index is 447. The molecule has 1 unspecified atom stereocenters. The van der Waals surface area contributed by atoms with Crippen LogP contribution in [0.1, 0.15) is 29.6 Å². The van der Waals surface area contributed by atoms with E-state index < -0.39 is 6.61 Å². The van der Waals surface area contributed by atoms with Gasteiger partial charge in [-0.05, 0) is 44.5 Å². The van der Waals surface area contributed by atoms with Crippen LogP contribution in [0.4, 0.5) is 8.78 Å². The zero-order valence-electron chi connectivity index (χ0n) is 11.1. The van der Waals surface area contributed by atoms with E-state index in [1.807, 2.05) is 0 Å². The Kier molecular flexibility index (Phi) is 5.29. The molecule has 1 heterocycles. The first kappa shape index (κ1) is 14.7. The first-order valence-electron chi connectivity index (χ1n) is 6.72. The van der Waals surface area contributed by atoms with Crippen molar-refractivity contribution in [2.75, 3.05) is 13.1 Å². The Morgan fingerprint density at radius 1 is 1.30 bits per heavy atom. The number of benzene rings is 1. The maximum atomic E-state index is 12.3. The summed E-state index contributed by atoms with van der Waals surface area (Å²) in [4.78, 5) is 12.2. The summed E-state index contributed by atoms with van der Waals surface area (Å²) in [5.41, 5.74) is 0.144. The second-order valence-electron chi connectivity index (χ2n) is 4.73. The maximum absolute atomic E-state index is 12.3. The van der Waals surface area contributed by atoms with Gasteiger partial charge in [0.15, 0.2) is 0 Å². The first-order valence-corrected chi connectivity index (χ1v) is 6.72. The minimum absolute atomic E-state index is 0.0668. The summed E-state index contributed by atoms with van der Waals surface area (Å²) < 4.78 is 29.0. The molecule has 110 valence electrons. The number of rotatable bonds is 4. The number of nitrogens with one attached hydrogen (secondary N) is 2. The average molecular weight is 284 g/mol. The number of halogens is 2. The van der Waals surface area contributed by atoms with Gasteiger partial charge in [-0.15, -0.1) is 0 Å². The van der Waals surface area contributed by atoms with E-state index in [0.717, 1.165) is 32.4 Å². The monoisotopic (exact) mass is 284 g/mol. The summed E-state index contributed by atoms with van der Waals surface area (Å²) in [6.45, 7) is -1.15. The van der Waals surface area contributed by atoms with Crippen LogP contribution < -0.4 is 15.4 Å². The number of hydrogen-bond acceptors (Lipinski definition) is 3. The number of amides is 1. The van der Waals surface area contributed by atoms with Gasteiger partial charge in [-0.1, -0.05) is 12.1 Å². The number of ether oxygens (including phenoxy) is 1. The van der Waals surface area contributed by atoms with E-state index in [0.29, 0.717) is 0 Å². The topological polar surface area (TPSA) is 50.4 Å². The van der Waals surface area contributed by atoms with Crippen molar-refractivity contribution in [3.8, 4) is 5.75 Å². The van der Waals surface area contributed by atoms with Gasteiger partial charge in [0, 0.05) is 6.04 Å². The van der Waals surface area contributed by atoms with Gasteiger partial charge in [-0.2, -0.15) is 8.78 Å². The zero-order valence-corrected chi connectivity index (χ0v) is 11.1. The average Bonchev–Trinajstić information content (AvgIpc) is 2.67. The van der Waals surface area contributed by atoms with Crippen molar-refractivity contribution in [1.29, 1.82) is 0 Å². The summed E-state index contributed by atoms with van der Waals surface area (Å²) in [7, 11) is 0. The highest BCUT2D eigenvalue weighted by atomic mass is 19.3. The minimum atomic E-state index is -2.94. The third-order valence-electron chi connectivity index (χ3n) is 3.26. The van der Waals surface area contributed by atoms with Crippen LogP contribution in [0.5, 0.6) is 5.75 Å². The largest absolute Gasteiger partial charge is 0.434 e. The van der Waals surface area contributed by atoms with Crippen molar-refractivity contribution in [2.24, 2.45) is 0 Å². The third kappa shape index (κ3) is 4.16. The van der Waals surface area contributed by atoms with Gasteiger partial charge >= 0.3 is 6.61 Å². The lowest BCUT2D eigenvalue weighted by atomic mass is 10.1. The van der Waals surface area contributed by atoms with E-state index >= 15 is 0 Å². The van der Waals surface area contributed by atoms with Crippen LogP contribution in [-0.4, -0.2) is 31.7 Å². The fourth-order valence-electron chi connectivity index (χ4n) is 2.28. The molecule has 2 rings (SSSR count). The maximum Gasteiger partial charge on any atom is 0.387 e. The number of hydrogen-bond donors (Lipinski definition) is 2. The lowest BCUT2D eigenvalue weighted by molar-refractivity contribution is -0.0501. The molecule has 1 aliphatic heterocycles. The molecule has 0 radical (unpaired) electrons. The van der Waals surface area contributed by atoms with Crippen molar-refractivity contribution >= 4 is 5.91 Å². The summed E-state index contributed by atoms with van der Waals surface area (Å²) in [6, 6.07) is 6.11. The SMILES string of the molecule is O=C(NC1CCCNCC1)c1ccccc1OC(F)F. The molecule has 1 fully saturated rings. The van der Waals surface area contributed by atoms with E-state index in [2.05, 4.69) is 15.4 Å². The molecular weight excluding hydrogens is 266 g/mol. The van der Waals surface area contributed by atoms with Gasteiger partial charge in [0.1, 0.15) is 5.75 Å². The van der Waals surface area contributed by atoms with E-state index in [-0.39, 0.29) is 23.3 Å². The van der Waals surface area contributed by atoms with E-state index in [1.165, 1.54) is 12.1 Å². The smallest absolute Gasteiger partial charge is 0.387 e. The van der Waals surface area contributed by atoms with Crippen LogP contribution in [0.15, 0.2) is 24.3 Å². The Morgan fingerprint density at radius 2 is 2.10 bits per heavy atom. The molecule has 1 aliphatic rings. The summed E-state index contributed by atoms with van der Waals surface area (Å²) in [5.74, 6) is -0.458. The van der Waals surface area contributed by atoms with E-state index in [1.54, 1.807) is 12.1 Å². The molecule has 0 aliphatic carbocycles. The minimum Gasteiger partial charge on any atom is -0.434 e. The first-order chi connectivity index (χ1) is 9.66. The van der Waals surface area contributed by atoms with E-state index in [4.69, 9.17) is 0 Å². The highest BCUT2D eigenvalue weighted by Crippen LogP contribution is 2.20. The van der Waals surface area contributed by atoms with Crippen molar-refractivity contribution in [3.63, 3.8) is 0 Å². The molecule has 1 amide bonds. The molecule has 0 saturated carbocycles. The lowest BCUT2D eigenvalue weighted by Crippen LogP contribution is -2.35. The molecule has 1 atom stereocenters. The van der Waals surface area contributed by atoms with Gasteiger partial charge in [0.05, 0.1) is 5.56 Å². The number of carbonyl (C=O) groups excluding carboxylic acids is 1. The van der Waals surface area contributed by atoms with Crippen molar-refractivity contribution in [3.05, 3.63) is 29.8 Å². The summed E-state index contributed by atoms with van der Waals surface area (Å²) >= 11 is 0. The molecule has 6 heteroatoms.